The molecule has 37 nitrogen and oxygen atoms in total. The van der Waals surface area contributed by atoms with Crippen molar-refractivity contribution in [3.63, 3.8) is 0 Å². The number of carboxylic acid groups (broad SMARTS) is 5. The quantitative estimate of drug-likeness (QED) is 0.00618. The summed E-state index contributed by atoms with van der Waals surface area (Å²) in [5, 5.41) is 56.7. The lowest BCUT2D eigenvalue weighted by Crippen LogP contribution is -2.40. The first-order chi connectivity index (χ1) is 47.5. The van der Waals surface area contributed by atoms with Crippen molar-refractivity contribution in [2.45, 2.75) is 127 Å². The number of carbonyl (C=O) groups is 11. The van der Waals surface area contributed by atoms with Gasteiger partial charge in [-0.1, -0.05) is 62.4 Å². The van der Waals surface area contributed by atoms with Crippen molar-refractivity contribution in [3.05, 3.63) is 120 Å². The minimum atomic E-state index is -1.24. The van der Waals surface area contributed by atoms with Crippen molar-refractivity contribution in [3.8, 4) is 5.75 Å². The predicted octanol–water partition coefficient (Wildman–Crippen LogP) is -2.22. The van der Waals surface area contributed by atoms with Gasteiger partial charge in [0.1, 0.15) is 67.2 Å². The second-order valence-electron chi connectivity index (χ2n) is 22.8. The molecule has 0 radical (unpaired) electrons. The number of carboxylic acids is 5. The summed E-state index contributed by atoms with van der Waals surface area (Å²) < 4.78 is 14.7. The predicted molar refractivity (Wildman–Crippen MR) is 369 cm³/mol. The number of fused-ring (bicyclic) bond motifs is 2. The number of nitrogens with zero attached hydrogens (tertiary/aromatic N) is 2. The Kier molecular flexibility index (Phi) is 41.3. The standard InChI is InChI=1S/C20H29N3O6.C14H17N3O4.C11H12N2O2.C6H14N4O2.C6H9N3O2.C5H9NO2.C2H6N2O/c1-12(2)9-16(21)19(26)28-15-7-5-14(6-8-15)10-17(22)20(27)29-18(25)11-23(4)13(3)24;15-10(14(20)21-7-11(16)13(18)19)5-8-6-17-12-4-2-1-3-9(8)12;12-9(11(14)15)5-7-6-13-10-4-2-1-3-8(7)10;7-4(5(11)12)2-1-3-10-6(8)9;7-5(6(10)11)1-4-2-8-3-9-4;7-5(8)4-2-1-3-6-4;3-1-2(4)5/h5-8,12,16-17H,9-11,21-22H2,1-4H3;1-4,6,10-11,17H,5,7,15-16H2,(H,18,19);1-4,6,9,13H,5,12H2,(H,14,15);4H,1-3,7H2,(H,11,12)(H4,8,9,10);2-3,5H,1,7H2,(H,8,9)(H,10,11);4,6H,1-3H2,(H,7,8);1,3H2,(H2,4,5)/t16-,17-;10-,11+;9-;4-;5-;4-;/m010000./s1. The van der Waals surface area contributed by atoms with E-state index in [4.69, 9.17) is 92.0 Å². The number of aliphatic carboxylic acids is 5. The average molecular weight is 1420 g/mol. The Morgan fingerprint density at radius 3 is 1.59 bits per heavy atom. The largest absolute Gasteiger partial charge is 0.480 e. The van der Waals surface area contributed by atoms with E-state index in [9.17, 15) is 52.7 Å². The van der Waals surface area contributed by atoms with E-state index >= 15 is 0 Å². The summed E-state index contributed by atoms with van der Waals surface area (Å²) in [7, 11) is 1.41. The zero-order chi connectivity index (χ0) is 76.5. The highest BCUT2D eigenvalue weighted by Gasteiger charge is 2.24. The van der Waals surface area contributed by atoms with Crippen LogP contribution in [0.15, 0.2) is 97.7 Å². The van der Waals surface area contributed by atoms with Crippen LogP contribution in [0.3, 0.4) is 0 Å². The number of H-pyrrole nitrogens is 3. The number of imidazole rings is 1. The number of rotatable bonds is 28. The molecule has 3 aromatic carbocycles. The van der Waals surface area contributed by atoms with Crippen molar-refractivity contribution in [1.82, 2.24) is 35.5 Å². The number of para-hydroxylation sites is 2. The fraction of sp³-hybridized carbons (Fsp3) is 0.422. The van der Waals surface area contributed by atoms with Crippen molar-refractivity contribution in [2.75, 3.05) is 39.8 Å². The number of primary amides is 1. The number of carbonyl (C=O) groups excluding carboxylic acids is 6. The van der Waals surface area contributed by atoms with Crippen molar-refractivity contribution < 1.29 is 92.5 Å². The second kappa shape index (κ2) is 47.3. The van der Waals surface area contributed by atoms with Gasteiger partial charge in [0.05, 0.1) is 18.6 Å². The summed E-state index contributed by atoms with van der Waals surface area (Å²) in [6.45, 7) is 5.77. The third-order valence-corrected chi connectivity index (χ3v) is 13.8. The molecule has 31 N–H and O–H groups in total. The van der Waals surface area contributed by atoms with Crippen LogP contribution in [0, 0.1) is 11.3 Å². The van der Waals surface area contributed by atoms with Crippen LogP contribution in [-0.2, 0) is 87.9 Å². The van der Waals surface area contributed by atoms with Gasteiger partial charge < -0.3 is 128 Å². The highest BCUT2D eigenvalue weighted by molar-refractivity contribution is 5.91. The minimum Gasteiger partial charge on any atom is -0.480 e. The molecule has 8 atom stereocenters. The van der Waals surface area contributed by atoms with E-state index in [-0.39, 0.29) is 49.8 Å². The lowest BCUT2D eigenvalue weighted by molar-refractivity contribution is -0.162. The Labute approximate surface area is 580 Å². The molecule has 1 saturated heterocycles. The molecule has 0 bridgehead atoms. The maximum Gasteiger partial charge on any atom is 0.333 e. The number of guanidine groups is 1. The SMILES string of the molecule is CC(=O)N(C)CC(=O)OC(=O)[C@@H](N)Cc1ccc(OC(=O)[C@@H](N)CC(C)C)cc1.N=C(N)NCCC[C@H](N)C(=O)O.NCC(N)=O.N[C@@H](Cc1c[nH]c2ccccc12)C(=O)O.N[C@@H](Cc1c[nH]cn1)C(=O)O.N[C@H](Cc1c[nH]c2ccccc12)C(=O)OC[C@H](N)C(=O)O.O=C(O)[C@@H]1CCCN1. The van der Waals surface area contributed by atoms with E-state index in [2.05, 4.69) is 41.0 Å². The summed E-state index contributed by atoms with van der Waals surface area (Å²) in [4.78, 5) is 133. The van der Waals surface area contributed by atoms with E-state index < -0.39 is 109 Å². The molecule has 7 rings (SSSR count). The van der Waals surface area contributed by atoms with Gasteiger partial charge in [-0.2, -0.15) is 0 Å². The van der Waals surface area contributed by atoms with Crippen molar-refractivity contribution in [2.24, 2.45) is 63.3 Å². The molecule has 6 aromatic rings. The molecular formula is C64H96N18O19. The first-order valence-electron chi connectivity index (χ1n) is 31.2. The molecular weight excluding hydrogens is 1320 g/mol. The molecule has 2 amide bonds. The number of esters is 4. The Hall–Kier alpha value is -10.8. The summed E-state index contributed by atoms with van der Waals surface area (Å²) in [5.74, 6) is -8.16. The first kappa shape index (κ1) is 88.2. The number of nitrogens with two attached hydrogens (primary N) is 10. The number of amides is 2. The van der Waals surface area contributed by atoms with Gasteiger partial charge >= 0.3 is 53.7 Å². The highest BCUT2D eigenvalue weighted by atomic mass is 16.6. The summed E-state index contributed by atoms with van der Waals surface area (Å²) in [6, 6.07) is 15.2. The zero-order valence-corrected chi connectivity index (χ0v) is 56.5. The van der Waals surface area contributed by atoms with Gasteiger partial charge in [-0.15, -0.1) is 0 Å². The van der Waals surface area contributed by atoms with Gasteiger partial charge in [-0.3, -0.25) is 43.8 Å². The third kappa shape index (κ3) is 37.1. The number of nitrogens with one attached hydrogen (secondary N) is 6. The second-order valence-corrected chi connectivity index (χ2v) is 22.8. The van der Waals surface area contributed by atoms with Crippen LogP contribution in [0.25, 0.3) is 21.8 Å². The number of likely N-dealkylation sites (N-methyl/N-ethyl adjacent to an activating group) is 1. The molecule has 556 valence electrons. The monoisotopic (exact) mass is 1420 g/mol. The Balaban J connectivity index is 0.000000625. The Morgan fingerprint density at radius 2 is 1.16 bits per heavy atom. The van der Waals surface area contributed by atoms with Gasteiger partial charge in [-0.05, 0) is 91.9 Å². The van der Waals surface area contributed by atoms with Crippen LogP contribution >= 0.6 is 0 Å². The minimum absolute atomic E-state index is 0.0556. The lowest BCUT2D eigenvalue weighted by Gasteiger charge is -2.15. The van der Waals surface area contributed by atoms with E-state index in [1.54, 1.807) is 36.7 Å². The molecule has 4 heterocycles. The molecule has 101 heavy (non-hydrogen) atoms. The van der Waals surface area contributed by atoms with E-state index in [1.807, 2.05) is 68.6 Å². The molecule has 0 aliphatic carbocycles. The summed E-state index contributed by atoms with van der Waals surface area (Å²) >= 11 is 0. The molecule has 0 unspecified atom stereocenters. The molecule has 1 aliphatic rings. The Morgan fingerprint density at radius 1 is 0.653 bits per heavy atom. The average Bonchev–Trinajstić information content (AvgIpc) is 1.70. The van der Waals surface area contributed by atoms with E-state index in [1.165, 1.54) is 20.3 Å². The van der Waals surface area contributed by atoms with Crippen LogP contribution in [0.4, 0.5) is 0 Å². The summed E-state index contributed by atoms with van der Waals surface area (Å²) in [6.07, 6.45) is 11.0. The lowest BCUT2D eigenvalue weighted by atomic mass is 10.0. The number of ether oxygens (including phenoxy) is 3. The topological polar surface area (TPSA) is 688 Å². The molecule has 1 fully saturated rings. The molecule has 0 saturated carbocycles. The number of hydrogen-bond donors (Lipinski definition) is 21. The van der Waals surface area contributed by atoms with Gasteiger partial charge in [0.15, 0.2) is 5.96 Å². The molecule has 3 aromatic heterocycles. The normalized spacial score (nSPS) is 13.9. The van der Waals surface area contributed by atoms with Crippen molar-refractivity contribution >= 4 is 93.3 Å². The highest BCUT2D eigenvalue weighted by Crippen LogP contribution is 2.21. The maximum absolute atomic E-state index is 11.9. The van der Waals surface area contributed by atoms with Crippen LogP contribution < -0.4 is 72.7 Å². The fourth-order valence-corrected chi connectivity index (χ4v) is 8.23. The third-order valence-electron chi connectivity index (χ3n) is 13.8. The smallest absolute Gasteiger partial charge is 0.333 e. The van der Waals surface area contributed by atoms with Crippen LogP contribution in [0.2, 0.25) is 0 Å². The number of aromatic amines is 3. The maximum atomic E-state index is 11.9. The van der Waals surface area contributed by atoms with E-state index in [0.717, 1.165) is 57.2 Å². The van der Waals surface area contributed by atoms with Crippen LogP contribution in [-0.4, -0.2) is 210 Å². The van der Waals surface area contributed by atoms with Gasteiger partial charge in [0.25, 0.3) is 0 Å². The number of hydrogen-bond acceptors (Lipinski definition) is 25. The van der Waals surface area contributed by atoms with Crippen LogP contribution in [0.5, 0.6) is 5.75 Å². The molecule has 1 aliphatic heterocycles. The number of aromatic nitrogens is 4. The number of benzene rings is 3. The van der Waals surface area contributed by atoms with E-state index in [0.29, 0.717) is 55.7 Å². The zero-order valence-electron chi connectivity index (χ0n) is 56.5. The first-order valence-corrected chi connectivity index (χ1v) is 31.2. The van der Waals surface area contributed by atoms with Gasteiger partial charge in [0.2, 0.25) is 11.8 Å². The van der Waals surface area contributed by atoms with Crippen LogP contribution in [0.1, 0.15) is 75.3 Å². The fourth-order valence-electron chi connectivity index (χ4n) is 8.23. The summed E-state index contributed by atoms with van der Waals surface area (Å²) in [5.41, 5.74) is 58.0. The molecule has 0 spiro atoms. The van der Waals surface area contributed by atoms with Crippen molar-refractivity contribution in [1.29, 1.82) is 5.41 Å². The van der Waals surface area contributed by atoms with Gasteiger partial charge in [-0.25, -0.2) is 19.4 Å². The van der Waals surface area contributed by atoms with Gasteiger partial charge in [0, 0.05) is 80.2 Å². The Bertz CT molecular complexity index is 3580. The molecule has 37 heteroatoms.